The molecular formula is C31H25ClN4OS. The number of nitrogens with zero attached hydrogens (tertiary/aromatic N) is 4. The molecule has 1 unspecified atom stereocenters. The molecule has 0 aliphatic carbocycles. The van der Waals surface area contributed by atoms with Crippen LogP contribution in [0.4, 0.5) is 5.69 Å². The van der Waals surface area contributed by atoms with Crippen molar-refractivity contribution in [2.75, 3.05) is 19.0 Å². The molecule has 2 aliphatic heterocycles. The van der Waals surface area contributed by atoms with E-state index in [1.54, 1.807) is 0 Å². The Morgan fingerprint density at radius 1 is 0.947 bits per heavy atom. The number of anilines is 1. The summed E-state index contributed by atoms with van der Waals surface area (Å²) in [5.41, 5.74) is 5.16. The van der Waals surface area contributed by atoms with E-state index in [1.807, 2.05) is 90.7 Å². The smallest absolute Gasteiger partial charge is 0.286 e. The Morgan fingerprint density at radius 2 is 1.68 bits per heavy atom. The first-order valence-corrected chi connectivity index (χ1v) is 13.6. The number of rotatable bonds is 4. The lowest BCUT2D eigenvalue weighted by Crippen LogP contribution is -2.23. The van der Waals surface area contributed by atoms with Crippen molar-refractivity contribution < 1.29 is 4.79 Å². The number of amides is 1. The van der Waals surface area contributed by atoms with Gasteiger partial charge >= 0.3 is 0 Å². The highest BCUT2D eigenvalue weighted by Gasteiger charge is 2.36. The van der Waals surface area contributed by atoms with Gasteiger partial charge < -0.3 is 4.90 Å². The number of amidine groups is 1. The molecule has 6 rings (SSSR count). The first-order valence-electron chi connectivity index (χ1n) is 12.4. The zero-order chi connectivity index (χ0) is 26.2. The zero-order valence-electron chi connectivity index (χ0n) is 21.0. The lowest BCUT2D eigenvalue weighted by molar-refractivity contribution is -0.113. The standard InChI is InChI=1S/C31H25ClN4OS/c1-35(2)26-15-7-20(8-16-26)17-29-30(37)33-31(38-29)36-28(22-11-13-25(32)14-12-22)19-27(34-36)24-10-9-21-5-3-4-6-23(21)18-24/h3-18,28H,19H2,1-2H3/b29-17-. The van der Waals surface area contributed by atoms with Gasteiger partial charge in [0.05, 0.1) is 16.7 Å². The summed E-state index contributed by atoms with van der Waals surface area (Å²) in [6, 6.07) is 30.5. The summed E-state index contributed by atoms with van der Waals surface area (Å²) in [5, 5.41) is 10.5. The van der Waals surface area contributed by atoms with Gasteiger partial charge in [0.25, 0.3) is 5.91 Å². The maximum absolute atomic E-state index is 12.9. The van der Waals surface area contributed by atoms with Crippen LogP contribution in [0.3, 0.4) is 0 Å². The van der Waals surface area contributed by atoms with Gasteiger partial charge in [-0.15, -0.1) is 0 Å². The lowest BCUT2D eigenvalue weighted by atomic mass is 9.97. The van der Waals surface area contributed by atoms with Crippen LogP contribution in [-0.4, -0.2) is 35.9 Å². The molecule has 0 spiro atoms. The molecule has 38 heavy (non-hydrogen) atoms. The second kappa shape index (κ2) is 10.1. The van der Waals surface area contributed by atoms with Crippen molar-refractivity contribution in [1.29, 1.82) is 0 Å². The molecule has 0 N–H and O–H groups in total. The molecule has 1 amide bonds. The van der Waals surface area contributed by atoms with Gasteiger partial charge in [0.15, 0.2) is 5.17 Å². The molecule has 0 bridgehead atoms. The number of carbonyl (C=O) groups excluding carboxylic acids is 1. The molecule has 1 atom stereocenters. The van der Waals surface area contributed by atoms with Crippen LogP contribution in [0.5, 0.6) is 0 Å². The fourth-order valence-corrected chi connectivity index (χ4v) is 5.73. The first-order chi connectivity index (χ1) is 18.4. The fourth-order valence-electron chi connectivity index (χ4n) is 4.69. The maximum Gasteiger partial charge on any atom is 0.286 e. The van der Waals surface area contributed by atoms with Crippen LogP contribution in [0, 0.1) is 0 Å². The second-order valence-electron chi connectivity index (χ2n) is 9.52. The summed E-state index contributed by atoms with van der Waals surface area (Å²) in [6.07, 6.45) is 2.59. The quantitative estimate of drug-likeness (QED) is 0.255. The predicted molar refractivity (Wildman–Crippen MR) is 160 cm³/mol. The average Bonchev–Trinajstić information content (AvgIpc) is 3.53. The molecule has 0 aromatic heterocycles. The molecule has 0 radical (unpaired) electrons. The van der Waals surface area contributed by atoms with Crippen molar-refractivity contribution in [2.45, 2.75) is 12.5 Å². The van der Waals surface area contributed by atoms with Crippen LogP contribution < -0.4 is 4.90 Å². The van der Waals surface area contributed by atoms with Crippen LogP contribution >= 0.6 is 23.4 Å². The van der Waals surface area contributed by atoms with E-state index in [9.17, 15) is 4.79 Å². The zero-order valence-corrected chi connectivity index (χ0v) is 22.6. The Kier molecular flexibility index (Phi) is 6.52. The fraction of sp³-hybridized carbons (Fsp3) is 0.129. The number of benzene rings is 4. The molecule has 7 heteroatoms. The number of fused-ring (bicyclic) bond motifs is 1. The first kappa shape index (κ1) is 24.5. The minimum absolute atomic E-state index is 0.0912. The average molecular weight is 537 g/mol. The van der Waals surface area contributed by atoms with Gasteiger partial charge in [-0.05, 0) is 75.6 Å². The van der Waals surface area contributed by atoms with E-state index in [0.29, 0.717) is 21.5 Å². The van der Waals surface area contributed by atoms with Crippen LogP contribution in [0.25, 0.3) is 16.8 Å². The van der Waals surface area contributed by atoms with Crippen LogP contribution in [-0.2, 0) is 4.79 Å². The number of aliphatic imine (C=N–C) groups is 1. The monoisotopic (exact) mass is 536 g/mol. The highest BCUT2D eigenvalue weighted by atomic mass is 35.5. The van der Waals surface area contributed by atoms with E-state index in [2.05, 4.69) is 35.3 Å². The highest BCUT2D eigenvalue weighted by molar-refractivity contribution is 8.18. The van der Waals surface area contributed by atoms with Gasteiger partial charge in [-0.25, -0.2) is 5.01 Å². The second-order valence-corrected chi connectivity index (χ2v) is 11.0. The molecule has 5 nitrogen and oxygen atoms in total. The predicted octanol–water partition coefficient (Wildman–Crippen LogP) is 7.38. The van der Waals surface area contributed by atoms with Crippen molar-refractivity contribution in [2.24, 2.45) is 10.1 Å². The van der Waals surface area contributed by atoms with Gasteiger partial charge in [0.2, 0.25) is 0 Å². The third-order valence-corrected chi connectivity index (χ3v) is 7.99. The molecule has 188 valence electrons. The van der Waals surface area contributed by atoms with E-state index >= 15 is 0 Å². The van der Waals surface area contributed by atoms with E-state index in [1.165, 1.54) is 22.5 Å². The molecule has 4 aromatic carbocycles. The van der Waals surface area contributed by atoms with Crippen molar-refractivity contribution in [3.63, 3.8) is 0 Å². The van der Waals surface area contributed by atoms with E-state index < -0.39 is 0 Å². The summed E-state index contributed by atoms with van der Waals surface area (Å²) in [5.74, 6) is -0.245. The molecule has 0 fully saturated rings. The van der Waals surface area contributed by atoms with Crippen molar-refractivity contribution in [1.82, 2.24) is 5.01 Å². The molecule has 2 heterocycles. The topological polar surface area (TPSA) is 48.3 Å². The van der Waals surface area contributed by atoms with Gasteiger partial charge in [-0.2, -0.15) is 10.1 Å². The van der Waals surface area contributed by atoms with Crippen molar-refractivity contribution >= 4 is 62.7 Å². The Balaban J connectivity index is 1.33. The van der Waals surface area contributed by atoms with Gasteiger partial charge in [0.1, 0.15) is 0 Å². The minimum Gasteiger partial charge on any atom is -0.378 e. The largest absolute Gasteiger partial charge is 0.378 e. The minimum atomic E-state index is -0.245. The molecule has 0 saturated carbocycles. The Hall–Kier alpha value is -3.87. The third-order valence-electron chi connectivity index (χ3n) is 6.76. The molecule has 0 saturated heterocycles. The summed E-state index contributed by atoms with van der Waals surface area (Å²) in [6.45, 7) is 0. The Morgan fingerprint density at radius 3 is 2.42 bits per heavy atom. The number of halogens is 1. The maximum atomic E-state index is 12.9. The third kappa shape index (κ3) is 4.85. The van der Waals surface area contributed by atoms with E-state index in [4.69, 9.17) is 16.7 Å². The van der Waals surface area contributed by atoms with Gasteiger partial charge in [-0.3, -0.25) is 4.79 Å². The molecule has 4 aromatic rings. The number of thioether (sulfide) groups is 1. The van der Waals surface area contributed by atoms with E-state index in [-0.39, 0.29) is 11.9 Å². The number of carbonyl (C=O) groups is 1. The highest BCUT2D eigenvalue weighted by Crippen LogP contribution is 2.40. The Bertz CT molecular complexity index is 1620. The number of hydrazone groups is 1. The van der Waals surface area contributed by atoms with Crippen molar-refractivity contribution in [3.05, 3.63) is 118 Å². The Labute approximate surface area is 231 Å². The van der Waals surface area contributed by atoms with Crippen LogP contribution in [0.1, 0.15) is 29.2 Å². The number of hydrogen-bond donors (Lipinski definition) is 0. The number of hydrogen-bond acceptors (Lipinski definition) is 5. The SMILES string of the molecule is CN(C)c1ccc(/C=C2\SC(N3N=C(c4ccc5ccccc5c4)CC3c3ccc(Cl)cc3)=NC2=O)cc1. The summed E-state index contributed by atoms with van der Waals surface area (Å²) in [7, 11) is 4.01. The van der Waals surface area contributed by atoms with Crippen LogP contribution in [0.15, 0.2) is 106 Å². The summed E-state index contributed by atoms with van der Waals surface area (Å²) < 4.78 is 0. The normalized spacial score (nSPS) is 18.3. The lowest BCUT2D eigenvalue weighted by Gasteiger charge is -2.22. The van der Waals surface area contributed by atoms with Gasteiger partial charge in [0, 0.05) is 31.2 Å². The van der Waals surface area contributed by atoms with Gasteiger partial charge in [-0.1, -0.05) is 72.3 Å². The molecular weight excluding hydrogens is 512 g/mol. The van der Waals surface area contributed by atoms with E-state index in [0.717, 1.165) is 28.1 Å². The van der Waals surface area contributed by atoms with Crippen molar-refractivity contribution in [3.8, 4) is 0 Å². The van der Waals surface area contributed by atoms with Crippen LogP contribution in [0.2, 0.25) is 5.02 Å². The summed E-state index contributed by atoms with van der Waals surface area (Å²) >= 11 is 7.55. The summed E-state index contributed by atoms with van der Waals surface area (Å²) in [4.78, 5) is 20.0. The molecule has 2 aliphatic rings.